The maximum atomic E-state index is 2.71. The lowest BCUT2D eigenvalue weighted by Gasteiger charge is -2.48. The van der Waals surface area contributed by atoms with Gasteiger partial charge in [0.05, 0.1) is 5.69 Å². The quantitative estimate of drug-likeness (QED) is 0.141. The van der Waals surface area contributed by atoms with E-state index in [0.717, 1.165) is 53.4 Å². The van der Waals surface area contributed by atoms with Gasteiger partial charge in [-0.3, -0.25) is 0 Å². The second-order valence-electron chi connectivity index (χ2n) is 27.2. The van der Waals surface area contributed by atoms with Gasteiger partial charge in [0, 0.05) is 62.6 Å². The maximum absolute atomic E-state index is 2.71. The highest BCUT2D eigenvalue weighted by atomic mass is 15.2. The van der Waals surface area contributed by atoms with Crippen molar-refractivity contribution in [2.45, 2.75) is 136 Å². The first kappa shape index (κ1) is 51.7. The molecule has 2 heterocycles. The van der Waals surface area contributed by atoms with Gasteiger partial charge in [0.25, 0.3) is 6.71 Å². The molecule has 0 amide bonds. The fourth-order valence-corrected chi connectivity index (χ4v) is 14.1. The molecule has 9 aromatic rings. The van der Waals surface area contributed by atoms with Crippen LogP contribution in [0.4, 0.5) is 68.2 Å². The molecule has 0 radical (unpaired) electrons. The van der Waals surface area contributed by atoms with Crippen molar-refractivity contribution in [2.75, 3.05) is 19.6 Å². The van der Waals surface area contributed by atoms with Crippen LogP contribution in [-0.2, 0) is 27.1 Å². The van der Waals surface area contributed by atoms with Crippen LogP contribution in [0.15, 0.2) is 200 Å². The molecule has 0 N–H and O–H groups in total. The number of nitrogens with zero attached hydrogens (tertiary/aromatic N) is 4. The number of anilines is 12. The largest absolute Gasteiger partial charge is 0.311 e. The van der Waals surface area contributed by atoms with E-state index in [4.69, 9.17) is 0 Å². The van der Waals surface area contributed by atoms with E-state index in [1.807, 2.05) is 0 Å². The van der Waals surface area contributed by atoms with E-state index in [9.17, 15) is 0 Å². The highest BCUT2D eigenvalue weighted by molar-refractivity contribution is 7.00. The van der Waals surface area contributed by atoms with Gasteiger partial charge in [0.2, 0.25) is 0 Å². The summed E-state index contributed by atoms with van der Waals surface area (Å²) in [5, 5.41) is 0. The van der Waals surface area contributed by atoms with E-state index < -0.39 is 0 Å². The molecule has 4 nitrogen and oxygen atoms in total. The predicted molar refractivity (Wildman–Crippen MR) is 344 cm³/mol. The Bertz CT molecular complexity index is 3770. The number of aryl methyl sites for hydroxylation is 1. The molecule has 2 aliphatic heterocycles. The van der Waals surface area contributed by atoms with Crippen molar-refractivity contribution in [3.63, 3.8) is 0 Å². The van der Waals surface area contributed by atoms with Gasteiger partial charge in [-0.15, -0.1) is 0 Å². The molecule has 0 bridgehead atoms. The second-order valence-corrected chi connectivity index (χ2v) is 27.2. The zero-order valence-corrected chi connectivity index (χ0v) is 49.2. The molecule has 400 valence electrons. The van der Waals surface area contributed by atoms with E-state index in [2.05, 4.69) is 303 Å². The molecule has 9 aromatic carbocycles. The van der Waals surface area contributed by atoms with E-state index in [0.29, 0.717) is 0 Å². The van der Waals surface area contributed by atoms with Crippen molar-refractivity contribution in [1.29, 1.82) is 0 Å². The Morgan fingerprint density at radius 1 is 0.362 bits per heavy atom. The molecule has 0 saturated heterocycles. The van der Waals surface area contributed by atoms with Crippen molar-refractivity contribution in [3.8, 4) is 0 Å². The molecule has 0 fully saturated rings. The van der Waals surface area contributed by atoms with Crippen LogP contribution >= 0.6 is 0 Å². The molecule has 0 atom stereocenters. The highest BCUT2D eigenvalue weighted by Crippen LogP contribution is 2.55. The van der Waals surface area contributed by atoms with Crippen molar-refractivity contribution in [3.05, 3.63) is 234 Å². The van der Waals surface area contributed by atoms with E-state index in [-0.39, 0.29) is 33.8 Å². The summed E-state index contributed by atoms with van der Waals surface area (Å²) in [6.07, 6.45) is 4.59. The molecule has 5 heteroatoms. The summed E-state index contributed by atoms with van der Waals surface area (Å²) in [4.78, 5) is 10.3. The zero-order chi connectivity index (χ0) is 55.7. The highest BCUT2D eigenvalue weighted by Gasteiger charge is 2.48. The standard InChI is InChI=1S/C75H77BN4/c1-50-43-51(71(2,3)4)33-38-65(50)80-66-45-57(77(52-25-17-13-18-26-52)53-27-19-14-20-28-53)35-37-63(66)76-64-48-61-62(75(11,12)42-41-74(61,9)10)49-67(64)79(56-34-36-59-60(44-56)73(7,8)40-39-72(59,5)6)68-46-58(47-69(80)70(68)76)78(54-29-21-15-22-30-54)55-31-23-16-24-32-55/h13-38,43-49H,39-42H2,1-12H3. The van der Waals surface area contributed by atoms with Crippen LogP contribution in [0.1, 0.15) is 135 Å². The van der Waals surface area contributed by atoms with Gasteiger partial charge in [-0.2, -0.15) is 0 Å². The Morgan fingerprint density at radius 2 is 0.800 bits per heavy atom. The maximum Gasteiger partial charge on any atom is 0.252 e. The van der Waals surface area contributed by atoms with Gasteiger partial charge in [0.15, 0.2) is 0 Å². The lowest BCUT2D eigenvalue weighted by Crippen LogP contribution is -2.62. The third kappa shape index (κ3) is 8.48. The summed E-state index contributed by atoms with van der Waals surface area (Å²) in [6, 6.07) is 76.3. The predicted octanol–water partition coefficient (Wildman–Crippen LogP) is 19.0. The Balaban J connectivity index is 1.19. The summed E-state index contributed by atoms with van der Waals surface area (Å²) in [5.74, 6) is 0. The van der Waals surface area contributed by atoms with Gasteiger partial charge in [-0.25, -0.2) is 0 Å². The van der Waals surface area contributed by atoms with Crippen LogP contribution in [0, 0.1) is 6.92 Å². The molecule has 0 saturated carbocycles. The Hall–Kier alpha value is -7.76. The Kier molecular flexibility index (Phi) is 12.1. The van der Waals surface area contributed by atoms with Gasteiger partial charge in [-0.05, 0) is 207 Å². The van der Waals surface area contributed by atoms with Gasteiger partial charge in [-0.1, -0.05) is 179 Å². The summed E-state index contributed by atoms with van der Waals surface area (Å²) in [7, 11) is 0. The van der Waals surface area contributed by atoms with E-state index in [1.54, 1.807) is 0 Å². The fraction of sp³-hybridized carbons (Fsp3) is 0.280. The zero-order valence-electron chi connectivity index (χ0n) is 49.2. The number of para-hydroxylation sites is 4. The Morgan fingerprint density at radius 3 is 1.30 bits per heavy atom. The summed E-state index contributed by atoms with van der Waals surface area (Å²) in [6.45, 7) is 29.0. The van der Waals surface area contributed by atoms with Crippen LogP contribution in [0.25, 0.3) is 0 Å². The first-order valence-corrected chi connectivity index (χ1v) is 29.4. The lowest BCUT2D eigenvalue weighted by molar-refractivity contribution is 0.332. The molecular weight excluding hydrogens is 968 g/mol. The van der Waals surface area contributed by atoms with Crippen LogP contribution in [0.2, 0.25) is 0 Å². The van der Waals surface area contributed by atoms with E-state index in [1.165, 1.54) is 90.3 Å². The van der Waals surface area contributed by atoms with E-state index >= 15 is 0 Å². The summed E-state index contributed by atoms with van der Waals surface area (Å²) >= 11 is 0. The van der Waals surface area contributed by atoms with Gasteiger partial charge >= 0.3 is 0 Å². The number of hydrogen-bond acceptors (Lipinski definition) is 4. The second kappa shape index (κ2) is 18.7. The molecule has 13 rings (SSSR count). The van der Waals surface area contributed by atoms with Crippen molar-refractivity contribution in [2.24, 2.45) is 0 Å². The first-order valence-electron chi connectivity index (χ1n) is 29.4. The minimum absolute atomic E-state index is 0.00383. The number of benzene rings is 9. The van der Waals surface area contributed by atoms with Crippen molar-refractivity contribution in [1.82, 2.24) is 0 Å². The minimum Gasteiger partial charge on any atom is -0.311 e. The number of rotatable bonds is 8. The molecule has 4 aliphatic rings. The summed E-state index contributed by atoms with van der Waals surface area (Å²) in [5.41, 5.74) is 26.4. The van der Waals surface area contributed by atoms with Crippen LogP contribution in [-0.4, -0.2) is 6.71 Å². The smallest absolute Gasteiger partial charge is 0.252 e. The first-order chi connectivity index (χ1) is 38.2. The molecule has 80 heavy (non-hydrogen) atoms. The summed E-state index contributed by atoms with van der Waals surface area (Å²) < 4.78 is 0. The van der Waals surface area contributed by atoms with Crippen LogP contribution in [0.3, 0.4) is 0 Å². The van der Waals surface area contributed by atoms with Crippen LogP contribution < -0.4 is 36.0 Å². The number of hydrogen-bond donors (Lipinski definition) is 0. The topological polar surface area (TPSA) is 13.0 Å². The van der Waals surface area contributed by atoms with Crippen molar-refractivity contribution < 1.29 is 0 Å². The average Bonchev–Trinajstić information content (AvgIpc) is 3.55. The van der Waals surface area contributed by atoms with Crippen molar-refractivity contribution >= 4 is 91.3 Å². The lowest BCUT2D eigenvalue weighted by atomic mass is 9.33. The Labute approximate surface area is 477 Å². The molecule has 0 unspecified atom stereocenters. The third-order valence-corrected chi connectivity index (χ3v) is 19.0. The number of fused-ring (bicyclic) bond motifs is 6. The SMILES string of the molecule is Cc1cc(C(C)(C)C)ccc1N1c2cc(N(c3ccccc3)c3ccccc3)ccc2B2c3cc4c(cc3N(c3ccc5c(c3)C(C)(C)CCC5(C)C)c3cc(N(c5ccccc5)c5ccccc5)cc1c32)C(C)(C)CCC4(C)C. The molecule has 0 aromatic heterocycles. The monoisotopic (exact) mass is 1040 g/mol. The minimum atomic E-state index is -0.0855. The molecule has 2 aliphatic carbocycles. The fourth-order valence-electron chi connectivity index (χ4n) is 14.1. The molecular formula is C75H77BN4. The molecule has 0 spiro atoms. The van der Waals surface area contributed by atoms with Gasteiger partial charge in [0.1, 0.15) is 0 Å². The third-order valence-electron chi connectivity index (χ3n) is 19.0. The van der Waals surface area contributed by atoms with Crippen LogP contribution in [0.5, 0.6) is 0 Å². The average molecular weight is 1050 g/mol. The normalized spacial score (nSPS) is 16.9. The van der Waals surface area contributed by atoms with Gasteiger partial charge < -0.3 is 19.6 Å².